The number of amides is 2. The summed E-state index contributed by atoms with van der Waals surface area (Å²) < 4.78 is 5.60. The first kappa shape index (κ1) is 16.5. The molecule has 1 aliphatic heterocycles. The fourth-order valence-corrected chi connectivity index (χ4v) is 3.38. The number of anilines is 1. The number of thiophene rings is 1. The molecule has 1 aromatic heterocycles. The quantitative estimate of drug-likeness (QED) is 0.876. The molecule has 0 fully saturated rings. The predicted molar refractivity (Wildman–Crippen MR) is 94.5 cm³/mol. The molecule has 24 heavy (non-hydrogen) atoms. The number of hydrogen-bond acceptors (Lipinski definition) is 4. The van der Waals surface area contributed by atoms with Crippen molar-refractivity contribution in [2.24, 2.45) is 0 Å². The monoisotopic (exact) mass is 344 g/mol. The minimum atomic E-state index is -0.526. The van der Waals surface area contributed by atoms with Crippen molar-refractivity contribution in [2.75, 3.05) is 18.0 Å². The maximum Gasteiger partial charge on any atom is 0.267 e. The summed E-state index contributed by atoms with van der Waals surface area (Å²) >= 11 is 1.65. The van der Waals surface area contributed by atoms with Crippen molar-refractivity contribution in [3.05, 3.63) is 46.7 Å². The summed E-state index contributed by atoms with van der Waals surface area (Å²) in [6.45, 7) is 2.69. The third-order valence-electron chi connectivity index (χ3n) is 3.95. The molecule has 3 rings (SSSR count). The van der Waals surface area contributed by atoms with Gasteiger partial charge in [0.15, 0.2) is 6.10 Å². The highest BCUT2D eigenvalue weighted by Crippen LogP contribution is 2.33. The van der Waals surface area contributed by atoms with E-state index in [1.54, 1.807) is 23.2 Å². The van der Waals surface area contributed by atoms with Gasteiger partial charge in [0.1, 0.15) is 5.75 Å². The fraction of sp³-hybridized carbons (Fsp3) is 0.333. The zero-order chi connectivity index (χ0) is 16.9. The first-order valence-electron chi connectivity index (χ1n) is 8.00. The molecule has 0 bridgehead atoms. The number of nitrogens with zero attached hydrogens (tertiary/aromatic N) is 1. The van der Waals surface area contributed by atoms with E-state index in [-0.39, 0.29) is 18.2 Å². The van der Waals surface area contributed by atoms with Crippen molar-refractivity contribution in [3.63, 3.8) is 0 Å². The first-order valence-corrected chi connectivity index (χ1v) is 8.94. The van der Waals surface area contributed by atoms with Crippen LogP contribution < -0.4 is 15.0 Å². The van der Waals surface area contributed by atoms with Gasteiger partial charge in [0.25, 0.3) is 5.91 Å². The van der Waals surface area contributed by atoms with E-state index < -0.39 is 6.10 Å². The molecule has 126 valence electrons. The summed E-state index contributed by atoms with van der Waals surface area (Å²) in [5.41, 5.74) is 1.96. The van der Waals surface area contributed by atoms with Crippen molar-refractivity contribution in [2.45, 2.75) is 25.9 Å². The van der Waals surface area contributed by atoms with Crippen molar-refractivity contribution >= 4 is 28.8 Å². The van der Waals surface area contributed by atoms with E-state index in [0.29, 0.717) is 18.8 Å². The maximum absolute atomic E-state index is 12.3. The zero-order valence-corrected chi connectivity index (χ0v) is 14.3. The normalized spacial score (nSPS) is 16.5. The Morgan fingerprint density at radius 3 is 2.96 bits per heavy atom. The highest BCUT2D eigenvalue weighted by Gasteiger charge is 2.31. The number of hydrogen-bond donors (Lipinski definition) is 1. The molecule has 1 atom stereocenters. The standard InChI is InChI=1S/C18H20N2O3S/c1-13-18(22)20(15-4-2-3-5-16(15)23-13)10-7-17(21)19-9-6-14-8-11-24-12-14/h2-5,8,11-13H,6-7,9-10H2,1H3,(H,19,21)/t13-/m0/s1. The molecule has 2 heterocycles. The average molecular weight is 344 g/mol. The largest absolute Gasteiger partial charge is 0.479 e. The summed E-state index contributed by atoms with van der Waals surface area (Å²) in [5.74, 6) is 0.525. The van der Waals surface area contributed by atoms with Gasteiger partial charge >= 0.3 is 0 Å². The van der Waals surface area contributed by atoms with Crippen molar-refractivity contribution < 1.29 is 14.3 Å². The van der Waals surface area contributed by atoms with Crippen LogP contribution in [0.1, 0.15) is 18.9 Å². The second-order valence-electron chi connectivity index (χ2n) is 5.70. The number of nitrogens with one attached hydrogen (secondary N) is 1. The van der Waals surface area contributed by atoms with E-state index in [0.717, 1.165) is 12.1 Å². The number of para-hydroxylation sites is 2. The van der Waals surface area contributed by atoms with E-state index in [9.17, 15) is 9.59 Å². The highest BCUT2D eigenvalue weighted by atomic mass is 32.1. The molecule has 6 heteroatoms. The Bertz CT molecular complexity index is 715. The van der Waals surface area contributed by atoms with Crippen molar-refractivity contribution in [3.8, 4) is 5.75 Å². The lowest BCUT2D eigenvalue weighted by Gasteiger charge is -2.32. The molecular weight excluding hydrogens is 324 g/mol. The van der Waals surface area contributed by atoms with Gasteiger partial charge in [-0.15, -0.1) is 0 Å². The lowest BCUT2D eigenvalue weighted by atomic mass is 10.1. The molecule has 1 aromatic carbocycles. The molecule has 5 nitrogen and oxygen atoms in total. The van der Waals surface area contributed by atoms with Gasteiger partial charge in [-0.2, -0.15) is 11.3 Å². The van der Waals surface area contributed by atoms with Crippen LogP contribution in [-0.4, -0.2) is 31.0 Å². The van der Waals surface area contributed by atoms with Gasteiger partial charge in [-0.05, 0) is 47.9 Å². The first-order chi connectivity index (χ1) is 11.6. The van der Waals surface area contributed by atoms with Crippen LogP contribution in [0.25, 0.3) is 0 Å². The number of carbonyl (C=O) groups excluding carboxylic acids is 2. The molecule has 0 saturated heterocycles. The average Bonchev–Trinajstić information content (AvgIpc) is 3.09. The zero-order valence-electron chi connectivity index (χ0n) is 13.5. The van der Waals surface area contributed by atoms with Gasteiger partial charge < -0.3 is 15.0 Å². The Kier molecular flexibility index (Phi) is 5.15. The van der Waals surface area contributed by atoms with Crippen LogP contribution in [0.2, 0.25) is 0 Å². The Morgan fingerprint density at radius 1 is 1.33 bits per heavy atom. The minimum Gasteiger partial charge on any atom is -0.479 e. The van der Waals surface area contributed by atoms with E-state index in [1.165, 1.54) is 5.56 Å². The van der Waals surface area contributed by atoms with E-state index >= 15 is 0 Å². The van der Waals surface area contributed by atoms with Crippen LogP contribution in [-0.2, 0) is 16.0 Å². The summed E-state index contributed by atoms with van der Waals surface area (Å²) in [5, 5.41) is 7.01. The third kappa shape index (κ3) is 3.76. The van der Waals surface area contributed by atoms with Crippen LogP contribution >= 0.6 is 11.3 Å². The summed E-state index contributed by atoms with van der Waals surface area (Å²) in [4.78, 5) is 26.0. The van der Waals surface area contributed by atoms with Gasteiger partial charge in [-0.1, -0.05) is 12.1 Å². The molecule has 0 saturated carbocycles. The van der Waals surface area contributed by atoms with Gasteiger partial charge in [0.2, 0.25) is 5.91 Å². The van der Waals surface area contributed by atoms with Crippen LogP contribution in [0.4, 0.5) is 5.69 Å². The number of ether oxygens (including phenoxy) is 1. The van der Waals surface area contributed by atoms with E-state index in [4.69, 9.17) is 4.74 Å². The second-order valence-corrected chi connectivity index (χ2v) is 6.48. The molecule has 0 aliphatic carbocycles. The molecule has 1 aliphatic rings. The van der Waals surface area contributed by atoms with E-state index in [1.807, 2.05) is 29.6 Å². The Morgan fingerprint density at radius 2 is 2.17 bits per heavy atom. The summed E-state index contributed by atoms with van der Waals surface area (Å²) in [7, 11) is 0. The molecule has 0 radical (unpaired) electrons. The summed E-state index contributed by atoms with van der Waals surface area (Å²) in [6.07, 6.45) is 0.573. The number of benzene rings is 1. The lowest BCUT2D eigenvalue weighted by molar-refractivity contribution is -0.125. The SMILES string of the molecule is C[C@@H]1Oc2ccccc2N(CCC(=O)NCCc2ccsc2)C1=O. The van der Waals surface area contributed by atoms with Crippen LogP contribution in [0.15, 0.2) is 41.1 Å². The Balaban J connectivity index is 1.53. The van der Waals surface area contributed by atoms with Gasteiger partial charge in [-0.3, -0.25) is 9.59 Å². The van der Waals surface area contributed by atoms with Crippen LogP contribution in [0, 0.1) is 0 Å². The van der Waals surface area contributed by atoms with Crippen molar-refractivity contribution in [1.29, 1.82) is 0 Å². The number of carbonyl (C=O) groups is 2. The highest BCUT2D eigenvalue weighted by molar-refractivity contribution is 7.07. The van der Waals surface area contributed by atoms with Crippen LogP contribution in [0.5, 0.6) is 5.75 Å². The van der Waals surface area contributed by atoms with E-state index in [2.05, 4.69) is 16.8 Å². The second kappa shape index (κ2) is 7.49. The molecule has 0 unspecified atom stereocenters. The molecule has 0 spiro atoms. The van der Waals surface area contributed by atoms with Gasteiger partial charge in [-0.25, -0.2) is 0 Å². The molecule has 2 aromatic rings. The molecule has 2 amide bonds. The number of rotatable bonds is 6. The maximum atomic E-state index is 12.3. The predicted octanol–water partition coefficient (Wildman–Crippen LogP) is 2.61. The Labute approximate surface area is 145 Å². The smallest absolute Gasteiger partial charge is 0.267 e. The lowest BCUT2D eigenvalue weighted by Crippen LogP contribution is -2.45. The fourth-order valence-electron chi connectivity index (χ4n) is 2.67. The third-order valence-corrected chi connectivity index (χ3v) is 4.68. The topological polar surface area (TPSA) is 58.6 Å². The van der Waals surface area contributed by atoms with Crippen molar-refractivity contribution in [1.82, 2.24) is 5.32 Å². The minimum absolute atomic E-state index is 0.0466. The summed E-state index contributed by atoms with van der Waals surface area (Å²) in [6, 6.07) is 9.47. The van der Waals surface area contributed by atoms with Gasteiger partial charge in [0, 0.05) is 19.5 Å². The van der Waals surface area contributed by atoms with Gasteiger partial charge in [0.05, 0.1) is 5.69 Å². The van der Waals surface area contributed by atoms with Crippen LogP contribution in [0.3, 0.4) is 0 Å². The molecular formula is C18H20N2O3S. The molecule has 1 N–H and O–H groups in total. The Hall–Kier alpha value is -2.34. The number of fused-ring (bicyclic) bond motifs is 1.